The number of aliphatic hydroxyl groups is 5. The zero-order valence-corrected chi connectivity index (χ0v) is 42.9. The molecule has 9 heteroatoms. The van der Waals surface area contributed by atoms with Gasteiger partial charge in [-0.15, -0.1) is 0 Å². The highest BCUT2D eigenvalue weighted by Gasteiger charge is 2.44. The Kier molecular flexibility index (Phi) is 44.2. The van der Waals surface area contributed by atoms with Crippen molar-refractivity contribution in [3.63, 3.8) is 0 Å². The molecule has 1 fully saturated rings. The Bertz CT molecular complexity index is 1280. The molecule has 67 heavy (non-hydrogen) atoms. The topological polar surface area (TPSA) is 149 Å². The first-order valence-electron chi connectivity index (χ1n) is 27.7. The molecule has 1 aliphatic rings. The Labute approximate surface area is 410 Å². The minimum Gasteiger partial charge on any atom is -0.394 e. The van der Waals surface area contributed by atoms with Gasteiger partial charge in [0, 0.05) is 6.42 Å². The predicted molar refractivity (Wildman–Crippen MR) is 281 cm³/mol. The Morgan fingerprint density at radius 1 is 0.522 bits per heavy atom. The predicted octanol–water partition coefficient (Wildman–Crippen LogP) is 13.3. The lowest BCUT2D eigenvalue weighted by Crippen LogP contribution is -2.60. The van der Waals surface area contributed by atoms with Crippen LogP contribution in [0.4, 0.5) is 0 Å². The number of hydrogen-bond donors (Lipinski definition) is 6. The van der Waals surface area contributed by atoms with Gasteiger partial charge in [-0.1, -0.05) is 228 Å². The van der Waals surface area contributed by atoms with E-state index < -0.39 is 49.5 Å². The molecule has 1 saturated heterocycles. The molecule has 0 aliphatic carbocycles. The van der Waals surface area contributed by atoms with Gasteiger partial charge in [0.2, 0.25) is 5.91 Å². The van der Waals surface area contributed by atoms with E-state index in [1.165, 1.54) is 122 Å². The largest absolute Gasteiger partial charge is 0.394 e. The van der Waals surface area contributed by atoms with Crippen LogP contribution in [0.25, 0.3) is 0 Å². The molecule has 7 atom stereocenters. The van der Waals surface area contributed by atoms with Crippen LogP contribution >= 0.6 is 0 Å². The summed E-state index contributed by atoms with van der Waals surface area (Å²) < 4.78 is 11.2. The van der Waals surface area contributed by atoms with E-state index in [2.05, 4.69) is 79.9 Å². The lowest BCUT2D eigenvalue weighted by atomic mass is 9.99. The first-order chi connectivity index (χ1) is 32.8. The number of carbonyl (C=O) groups excluding carboxylic acids is 1. The normalized spacial score (nSPS) is 20.3. The maximum atomic E-state index is 13.0. The number of unbranched alkanes of at least 4 members (excludes halogenated alkanes) is 26. The van der Waals surface area contributed by atoms with Gasteiger partial charge in [-0.05, 0) is 70.6 Å². The summed E-state index contributed by atoms with van der Waals surface area (Å²) in [7, 11) is 0. The van der Waals surface area contributed by atoms with Crippen LogP contribution in [0.5, 0.6) is 0 Å². The van der Waals surface area contributed by atoms with E-state index in [9.17, 15) is 30.3 Å². The number of nitrogens with one attached hydrogen (secondary N) is 1. The Balaban J connectivity index is 2.29. The highest BCUT2D eigenvalue weighted by atomic mass is 16.7. The van der Waals surface area contributed by atoms with Crippen molar-refractivity contribution < 1.29 is 39.8 Å². The van der Waals surface area contributed by atoms with Crippen molar-refractivity contribution in [3.8, 4) is 0 Å². The van der Waals surface area contributed by atoms with E-state index in [1.54, 1.807) is 6.08 Å². The van der Waals surface area contributed by atoms with Crippen molar-refractivity contribution in [1.29, 1.82) is 0 Å². The molecule has 1 heterocycles. The van der Waals surface area contributed by atoms with Crippen molar-refractivity contribution >= 4 is 5.91 Å². The first kappa shape index (κ1) is 62.6. The van der Waals surface area contributed by atoms with Crippen LogP contribution in [0.15, 0.2) is 72.9 Å². The monoisotopic (exact) mass is 942 g/mol. The third-order valence-corrected chi connectivity index (χ3v) is 12.8. The van der Waals surface area contributed by atoms with Crippen molar-refractivity contribution in [2.24, 2.45) is 0 Å². The van der Waals surface area contributed by atoms with E-state index in [1.807, 2.05) is 6.08 Å². The van der Waals surface area contributed by atoms with Gasteiger partial charge in [0.05, 0.1) is 25.4 Å². The molecule has 0 radical (unpaired) electrons. The fourth-order valence-electron chi connectivity index (χ4n) is 8.40. The molecule has 388 valence electrons. The summed E-state index contributed by atoms with van der Waals surface area (Å²) in [5.41, 5.74) is 0. The molecule has 0 bridgehead atoms. The summed E-state index contributed by atoms with van der Waals surface area (Å²) in [6, 6.07) is -0.834. The Morgan fingerprint density at radius 2 is 0.940 bits per heavy atom. The molecule has 6 N–H and O–H groups in total. The number of amides is 1. The number of aliphatic hydroxyl groups excluding tert-OH is 5. The Morgan fingerprint density at radius 3 is 1.43 bits per heavy atom. The molecule has 0 saturated carbocycles. The zero-order chi connectivity index (χ0) is 48.7. The standard InChI is InChI=1S/C58H103NO8/c1-3-5-7-9-11-13-15-17-19-21-23-24-25-26-27-28-30-31-33-35-37-39-41-43-45-47-52(61)51(50-66-58-57(65)56(64)55(63)53(49-60)67-58)59-54(62)48-46-44-42-40-38-36-34-32-29-22-20-18-16-14-12-10-8-6-4-2/h6,8,12,14,18,20,29,32,37,39,45,47,51-53,55-58,60-61,63-65H,3-5,7,9-11,13,15-17,19,21-28,30-31,33-36,38,40-44,46,48-50H2,1-2H3,(H,59,62)/b8-6-,14-12-,20-18-,32-29-,39-37+,47-45+. The molecular formula is C58H103NO8. The number of rotatable bonds is 46. The third-order valence-electron chi connectivity index (χ3n) is 12.8. The van der Waals surface area contributed by atoms with Gasteiger partial charge in [0.15, 0.2) is 6.29 Å². The van der Waals surface area contributed by atoms with Crippen LogP contribution < -0.4 is 5.32 Å². The number of allylic oxidation sites excluding steroid dienone is 11. The van der Waals surface area contributed by atoms with Gasteiger partial charge in [-0.2, -0.15) is 0 Å². The third kappa shape index (κ3) is 37.2. The maximum absolute atomic E-state index is 13.0. The SMILES string of the molecule is CC/C=C\C/C=C\C/C=C\C/C=C\CCCCCCCCC(=O)NC(COC1OC(CO)C(O)C(O)C1O)C(O)/C=C/CC/C=C/CCCCCCCCCCCCCCCCCCCCC. The molecule has 1 amide bonds. The van der Waals surface area contributed by atoms with Crippen LogP contribution in [0.1, 0.15) is 232 Å². The van der Waals surface area contributed by atoms with Gasteiger partial charge < -0.3 is 40.3 Å². The van der Waals surface area contributed by atoms with Crippen LogP contribution in [0, 0.1) is 0 Å². The van der Waals surface area contributed by atoms with Gasteiger partial charge in [0.1, 0.15) is 24.4 Å². The van der Waals surface area contributed by atoms with E-state index in [-0.39, 0.29) is 12.5 Å². The van der Waals surface area contributed by atoms with Crippen LogP contribution in [0.2, 0.25) is 0 Å². The second-order valence-corrected chi connectivity index (χ2v) is 19.0. The summed E-state index contributed by atoms with van der Waals surface area (Å²) in [6.07, 6.45) is 58.2. The van der Waals surface area contributed by atoms with Crippen molar-refractivity contribution in [2.45, 2.75) is 275 Å². The van der Waals surface area contributed by atoms with E-state index in [0.29, 0.717) is 6.42 Å². The lowest BCUT2D eigenvalue weighted by Gasteiger charge is -2.40. The number of carbonyl (C=O) groups is 1. The molecular weight excluding hydrogens is 839 g/mol. The summed E-state index contributed by atoms with van der Waals surface area (Å²) >= 11 is 0. The second kappa shape index (κ2) is 47.3. The molecule has 0 aromatic heterocycles. The second-order valence-electron chi connectivity index (χ2n) is 19.0. The average molecular weight is 942 g/mol. The summed E-state index contributed by atoms with van der Waals surface area (Å²) in [5, 5.41) is 54.4. The molecule has 1 rings (SSSR count). The number of ether oxygens (including phenoxy) is 2. The van der Waals surface area contributed by atoms with Crippen LogP contribution in [0.3, 0.4) is 0 Å². The Hall–Kier alpha value is -2.37. The summed E-state index contributed by atoms with van der Waals surface area (Å²) in [4.78, 5) is 13.0. The van der Waals surface area contributed by atoms with Crippen LogP contribution in [-0.4, -0.2) is 87.5 Å². The minimum atomic E-state index is -1.58. The highest BCUT2D eigenvalue weighted by Crippen LogP contribution is 2.23. The zero-order valence-electron chi connectivity index (χ0n) is 42.9. The van der Waals surface area contributed by atoms with Crippen LogP contribution in [-0.2, 0) is 14.3 Å². The van der Waals surface area contributed by atoms with E-state index >= 15 is 0 Å². The molecule has 9 nitrogen and oxygen atoms in total. The smallest absolute Gasteiger partial charge is 0.220 e. The molecule has 7 unspecified atom stereocenters. The van der Waals surface area contributed by atoms with Crippen molar-refractivity contribution in [3.05, 3.63) is 72.9 Å². The summed E-state index contributed by atoms with van der Waals surface area (Å²) in [5.74, 6) is -0.202. The fraction of sp³-hybridized carbons (Fsp3) is 0.776. The number of hydrogen-bond acceptors (Lipinski definition) is 8. The minimum absolute atomic E-state index is 0.202. The first-order valence-corrected chi connectivity index (χ1v) is 27.7. The lowest BCUT2D eigenvalue weighted by molar-refractivity contribution is -0.302. The van der Waals surface area contributed by atoms with Crippen molar-refractivity contribution in [1.82, 2.24) is 5.32 Å². The van der Waals surface area contributed by atoms with Gasteiger partial charge in [-0.25, -0.2) is 0 Å². The van der Waals surface area contributed by atoms with Crippen molar-refractivity contribution in [2.75, 3.05) is 13.2 Å². The molecule has 1 aliphatic heterocycles. The maximum Gasteiger partial charge on any atom is 0.220 e. The summed E-state index contributed by atoms with van der Waals surface area (Å²) in [6.45, 7) is 3.65. The fourth-order valence-corrected chi connectivity index (χ4v) is 8.40. The van der Waals surface area contributed by atoms with Gasteiger partial charge in [0.25, 0.3) is 0 Å². The van der Waals surface area contributed by atoms with Gasteiger partial charge in [-0.3, -0.25) is 4.79 Å². The molecule has 0 aromatic carbocycles. The average Bonchev–Trinajstić information content (AvgIpc) is 3.33. The van der Waals surface area contributed by atoms with E-state index in [4.69, 9.17) is 9.47 Å². The quantitative estimate of drug-likeness (QED) is 0.0261. The molecule has 0 aromatic rings. The molecule has 0 spiro atoms. The highest BCUT2D eigenvalue weighted by molar-refractivity contribution is 5.76. The van der Waals surface area contributed by atoms with Gasteiger partial charge >= 0.3 is 0 Å². The van der Waals surface area contributed by atoms with E-state index in [0.717, 1.165) is 89.9 Å².